The normalized spacial score (nSPS) is 12.9. The topological polar surface area (TPSA) is 155 Å². The van der Waals surface area contributed by atoms with Gasteiger partial charge in [0.2, 0.25) is 5.41 Å². The minimum Gasteiger partial charge on any atom is -0.748 e. The molecule has 0 saturated heterocycles. The number of aryl methyl sites for hydroxylation is 2. The molecule has 0 radical (unpaired) electrons. The zero-order chi connectivity index (χ0) is 28.4. The molecule has 208 valence electrons. The minimum absolute atomic E-state index is 0. The summed E-state index contributed by atoms with van der Waals surface area (Å²) >= 11 is 0. The van der Waals surface area contributed by atoms with E-state index in [2.05, 4.69) is 0 Å². The van der Waals surface area contributed by atoms with Gasteiger partial charge in [0.05, 0.1) is 20.2 Å². The number of phenols is 2. The van der Waals surface area contributed by atoms with Gasteiger partial charge < -0.3 is 19.3 Å². The Bertz CT molecular complexity index is 1240. The summed E-state index contributed by atoms with van der Waals surface area (Å²) in [5.41, 5.74) is -8.41. The Labute approximate surface area is 305 Å². The SMILES string of the molecule is O=S(=O)([O-])CCCc1cc(C(c2ccc(O)c(CCCS(=O)(=O)[O-])c2)(C(F)(F)F)C(F)(F)F)ccc1O.[K+].[K+]. The Balaban J connectivity index is 0.00000722. The van der Waals surface area contributed by atoms with Crippen molar-refractivity contribution in [2.24, 2.45) is 0 Å². The third kappa shape index (κ3) is 10.4. The van der Waals surface area contributed by atoms with Crippen LogP contribution in [-0.2, 0) is 38.5 Å². The maximum Gasteiger partial charge on any atom is 1.00 e. The first-order valence-corrected chi connectivity index (χ1v) is 13.5. The monoisotopic (exact) mass is 656 g/mol. The van der Waals surface area contributed by atoms with E-state index in [1.165, 1.54) is 0 Å². The van der Waals surface area contributed by atoms with Crippen LogP contribution in [0.2, 0.25) is 0 Å². The van der Waals surface area contributed by atoms with Crippen molar-refractivity contribution in [1.82, 2.24) is 0 Å². The largest absolute Gasteiger partial charge is 1.00 e. The Hall–Kier alpha value is 0.713. The smallest absolute Gasteiger partial charge is 0.748 e. The molecule has 18 heteroatoms. The van der Waals surface area contributed by atoms with Crippen molar-refractivity contribution >= 4 is 20.2 Å². The summed E-state index contributed by atoms with van der Waals surface area (Å²) in [4.78, 5) is 0. The number of aromatic hydroxyl groups is 2. The molecule has 2 rings (SSSR count). The second-order valence-corrected chi connectivity index (χ2v) is 11.2. The summed E-state index contributed by atoms with van der Waals surface area (Å²) in [6, 6.07) is 2.74. The van der Waals surface area contributed by atoms with Gasteiger partial charge in [-0.3, -0.25) is 0 Å². The molecular weight excluding hydrogens is 637 g/mol. The van der Waals surface area contributed by atoms with Gasteiger partial charge in [0.25, 0.3) is 0 Å². The van der Waals surface area contributed by atoms with E-state index in [-0.39, 0.29) is 103 Å². The number of benzene rings is 2. The molecule has 0 fully saturated rings. The fraction of sp³-hybridized carbons (Fsp3) is 0.429. The molecule has 2 aromatic carbocycles. The summed E-state index contributed by atoms with van der Waals surface area (Å²) in [5, 5.41) is 19.9. The Kier molecular flexibility index (Phi) is 15.2. The van der Waals surface area contributed by atoms with Crippen LogP contribution in [0.5, 0.6) is 11.5 Å². The van der Waals surface area contributed by atoms with Crippen molar-refractivity contribution in [3.8, 4) is 11.5 Å². The Morgan fingerprint density at radius 1 is 0.641 bits per heavy atom. The van der Waals surface area contributed by atoms with Crippen molar-refractivity contribution in [2.45, 2.75) is 43.5 Å². The standard InChI is InChI=1S/C21H22F6O8S2.2K/c22-20(23,24)19(21(25,26)27,15-5-7-17(28)13(11-15)3-1-9-36(30,31)32)16-6-8-18(29)14(12-16)4-2-10-37(33,34)35;;/h5-8,11-12,28-29H,1-4,9-10H2,(H,30,31,32)(H,33,34,35);;/q;2*+1/p-2. The van der Waals surface area contributed by atoms with Crippen molar-refractivity contribution in [1.29, 1.82) is 0 Å². The molecule has 0 amide bonds. The van der Waals surface area contributed by atoms with E-state index >= 15 is 0 Å². The van der Waals surface area contributed by atoms with Gasteiger partial charge in [0.15, 0.2) is 0 Å². The van der Waals surface area contributed by atoms with Crippen LogP contribution in [0, 0.1) is 0 Å². The average Bonchev–Trinajstić information content (AvgIpc) is 2.68. The van der Waals surface area contributed by atoms with E-state index in [9.17, 15) is 62.5 Å². The summed E-state index contributed by atoms with van der Waals surface area (Å²) in [6.45, 7) is 0. The molecule has 0 aliphatic rings. The molecule has 0 aromatic heterocycles. The number of hydrogen-bond donors (Lipinski definition) is 2. The maximum atomic E-state index is 14.4. The van der Waals surface area contributed by atoms with E-state index in [1.807, 2.05) is 0 Å². The third-order valence-corrected chi connectivity index (χ3v) is 7.13. The van der Waals surface area contributed by atoms with Crippen LogP contribution in [0.4, 0.5) is 26.3 Å². The summed E-state index contributed by atoms with van der Waals surface area (Å²) in [7, 11) is -9.47. The van der Waals surface area contributed by atoms with Gasteiger partial charge >= 0.3 is 115 Å². The van der Waals surface area contributed by atoms with Gasteiger partial charge in [-0.1, -0.05) is 24.3 Å². The van der Waals surface area contributed by atoms with Gasteiger partial charge in [0, 0.05) is 11.5 Å². The predicted molar refractivity (Wildman–Crippen MR) is 115 cm³/mol. The van der Waals surface area contributed by atoms with Crippen LogP contribution >= 0.6 is 0 Å². The fourth-order valence-corrected chi connectivity index (χ4v) is 4.89. The second kappa shape index (κ2) is 14.9. The van der Waals surface area contributed by atoms with Crippen LogP contribution in [0.3, 0.4) is 0 Å². The van der Waals surface area contributed by atoms with Gasteiger partial charge in [-0.25, -0.2) is 16.8 Å². The first kappa shape index (κ1) is 39.7. The van der Waals surface area contributed by atoms with E-state index in [1.54, 1.807) is 0 Å². The summed E-state index contributed by atoms with van der Waals surface area (Å²) in [6.07, 6.45) is -14.1. The molecule has 0 heterocycles. The zero-order valence-electron chi connectivity index (χ0n) is 20.6. The molecule has 8 nitrogen and oxygen atoms in total. The molecule has 0 unspecified atom stereocenters. The molecule has 0 aliphatic carbocycles. The fourth-order valence-electron chi connectivity index (χ4n) is 3.90. The minimum atomic E-state index is -6.04. The average molecular weight is 657 g/mol. The number of alkyl halides is 6. The molecule has 0 aliphatic heterocycles. The van der Waals surface area contributed by atoms with Gasteiger partial charge in [0.1, 0.15) is 11.5 Å². The van der Waals surface area contributed by atoms with Crippen LogP contribution in [-0.4, -0.2) is 60.0 Å². The van der Waals surface area contributed by atoms with Gasteiger partial charge in [-0.2, -0.15) is 26.3 Å². The molecule has 39 heavy (non-hydrogen) atoms. The van der Waals surface area contributed by atoms with Crippen LogP contribution in [0.15, 0.2) is 36.4 Å². The molecule has 2 N–H and O–H groups in total. The molecule has 0 saturated carbocycles. The third-order valence-electron chi connectivity index (χ3n) is 5.56. The molecule has 0 bridgehead atoms. The predicted octanol–water partition coefficient (Wildman–Crippen LogP) is -2.53. The van der Waals surface area contributed by atoms with E-state index in [4.69, 9.17) is 0 Å². The van der Waals surface area contributed by atoms with E-state index in [0.717, 1.165) is 0 Å². The molecule has 0 atom stereocenters. The van der Waals surface area contributed by atoms with Gasteiger partial charge in [-0.15, -0.1) is 0 Å². The molecule has 2 aromatic rings. The molecule has 0 spiro atoms. The Morgan fingerprint density at radius 2 is 0.949 bits per heavy atom. The second-order valence-electron chi connectivity index (χ2n) is 8.16. The maximum absolute atomic E-state index is 14.4. The zero-order valence-corrected chi connectivity index (χ0v) is 28.5. The number of rotatable bonds is 10. The van der Waals surface area contributed by atoms with Crippen molar-refractivity contribution in [3.05, 3.63) is 58.7 Å². The van der Waals surface area contributed by atoms with Crippen molar-refractivity contribution in [3.63, 3.8) is 0 Å². The summed E-state index contributed by atoms with van der Waals surface area (Å²) < 4.78 is 151. The number of halogens is 6. The van der Waals surface area contributed by atoms with Crippen LogP contribution in [0.1, 0.15) is 35.1 Å². The Morgan fingerprint density at radius 3 is 1.21 bits per heavy atom. The molecular formula is C21H20F6K2O8S2. The number of hydrogen-bond acceptors (Lipinski definition) is 8. The quantitative estimate of drug-likeness (QED) is 0.161. The summed E-state index contributed by atoms with van der Waals surface area (Å²) in [5.74, 6) is -3.40. The van der Waals surface area contributed by atoms with Crippen LogP contribution in [0.25, 0.3) is 0 Å². The van der Waals surface area contributed by atoms with Gasteiger partial charge in [-0.05, 0) is 60.1 Å². The van der Waals surface area contributed by atoms with Crippen molar-refractivity contribution in [2.75, 3.05) is 11.5 Å². The van der Waals surface area contributed by atoms with E-state index in [0.29, 0.717) is 36.4 Å². The van der Waals surface area contributed by atoms with Crippen LogP contribution < -0.4 is 103 Å². The van der Waals surface area contributed by atoms with Crippen molar-refractivity contribution < 1.29 is 165 Å². The first-order chi connectivity index (χ1) is 16.7. The number of phenolic OH excluding ortho intramolecular Hbond substituents is 2. The first-order valence-electron chi connectivity index (χ1n) is 10.3. The van der Waals surface area contributed by atoms with E-state index < -0.39 is 109 Å².